The van der Waals surface area contributed by atoms with Crippen molar-refractivity contribution in [1.82, 2.24) is 5.32 Å². The molecule has 5 N–H and O–H groups in total. The highest BCUT2D eigenvalue weighted by atomic mass is 16.7. The van der Waals surface area contributed by atoms with Crippen molar-refractivity contribution in [1.29, 1.82) is 0 Å². The Balaban J connectivity index is 1.64. The molecule has 2 aromatic rings. The molecule has 2 aromatic carbocycles. The zero-order valence-corrected chi connectivity index (χ0v) is 15.4. The molecule has 0 saturated heterocycles. The number of hydrogen-bond donors (Lipinski definition) is 3. The van der Waals surface area contributed by atoms with E-state index in [2.05, 4.69) is 16.4 Å². The van der Waals surface area contributed by atoms with E-state index in [0.29, 0.717) is 12.4 Å². The molecule has 2 aliphatic heterocycles. The third-order valence-corrected chi connectivity index (χ3v) is 4.59. The van der Waals surface area contributed by atoms with Crippen LogP contribution in [0, 0.1) is 0 Å². The fraction of sp³-hybridized carbons (Fsp3) is 0.250. The van der Waals surface area contributed by atoms with Gasteiger partial charge in [0.05, 0.1) is 5.70 Å². The minimum atomic E-state index is -0.858. The number of benzene rings is 2. The number of fused-ring (bicyclic) bond motifs is 1. The molecule has 0 saturated carbocycles. The van der Waals surface area contributed by atoms with Gasteiger partial charge in [0.2, 0.25) is 6.79 Å². The Kier molecular flexibility index (Phi) is 4.16. The summed E-state index contributed by atoms with van der Waals surface area (Å²) in [6.45, 7) is 0.247. The monoisotopic (exact) mass is 365 g/mol. The lowest BCUT2D eigenvalue weighted by atomic mass is 9.96. The van der Waals surface area contributed by atoms with Gasteiger partial charge in [-0.15, -0.1) is 0 Å². The van der Waals surface area contributed by atoms with Gasteiger partial charge in [0, 0.05) is 31.8 Å². The minimum absolute atomic E-state index is 0.247. The van der Waals surface area contributed by atoms with Crippen LogP contribution in [0.25, 0.3) is 5.70 Å². The Morgan fingerprint density at radius 2 is 1.96 bits per heavy atom. The normalized spacial score (nSPS) is 20.6. The van der Waals surface area contributed by atoms with Gasteiger partial charge in [-0.1, -0.05) is 18.2 Å². The second kappa shape index (κ2) is 6.51. The first-order chi connectivity index (χ1) is 12.9. The van der Waals surface area contributed by atoms with E-state index in [9.17, 15) is 0 Å². The maximum atomic E-state index is 6.62. The van der Waals surface area contributed by atoms with Crippen molar-refractivity contribution in [3.05, 3.63) is 59.7 Å². The summed E-state index contributed by atoms with van der Waals surface area (Å²) in [5.74, 6) is 1.78. The van der Waals surface area contributed by atoms with E-state index in [-0.39, 0.29) is 6.79 Å². The summed E-state index contributed by atoms with van der Waals surface area (Å²) in [5.41, 5.74) is 15.6. The number of ether oxygens (including phenoxy) is 2. The van der Waals surface area contributed by atoms with Crippen molar-refractivity contribution in [3.63, 3.8) is 0 Å². The predicted octanol–water partition coefficient (Wildman–Crippen LogP) is 1.64. The van der Waals surface area contributed by atoms with Crippen LogP contribution >= 0.6 is 0 Å². The molecule has 0 spiro atoms. The second-order valence-corrected chi connectivity index (χ2v) is 7.00. The van der Waals surface area contributed by atoms with Gasteiger partial charge in [-0.2, -0.15) is 0 Å². The first-order valence-corrected chi connectivity index (χ1v) is 8.72. The molecule has 0 aromatic heterocycles. The van der Waals surface area contributed by atoms with E-state index >= 15 is 0 Å². The number of anilines is 1. The standard InChI is InChI=1S/C20H23N5O2/c1-25(2)15-5-3-4-14(9-15)16-11-20(22,24-19(21)23-16)10-13-6-7-17-18(8-13)27-12-26-17/h3-9,11H,10,12,22H2,1-2H3,(H3,21,23,24). The molecule has 140 valence electrons. The number of nitrogens with one attached hydrogen (secondary N) is 1. The van der Waals surface area contributed by atoms with E-state index in [1.54, 1.807) is 0 Å². The third-order valence-electron chi connectivity index (χ3n) is 4.59. The largest absolute Gasteiger partial charge is 0.454 e. The average Bonchev–Trinajstić information content (AvgIpc) is 3.08. The summed E-state index contributed by atoms with van der Waals surface area (Å²) in [4.78, 5) is 6.49. The fourth-order valence-electron chi connectivity index (χ4n) is 3.28. The highest BCUT2D eigenvalue weighted by Gasteiger charge is 2.29. The molecule has 27 heavy (non-hydrogen) atoms. The predicted molar refractivity (Wildman–Crippen MR) is 107 cm³/mol. The van der Waals surface area contributed by atoms with Crippen LogP contribution in [0.1, 0.15) is 11.1 Å². The zero-order valence-electron chi connectivity index (χ0n) is 15.4. The van der Waals surface area contributed by atoms with Gasteiger partial charge in [0.15, 0.2) is 17.5 Å². The lowest BCUT2D eigenvalue weighted by Crippen LogP contribution is -2.59. The van der Waals surface area contributed by atoms with E-state index in [1.165, 1.54) is 0 Å². The first-order valence-electron chi connectivity index (χ1n) is 8.72. The smallest absolute Gasteiger partial charge is 0.231 e. The SMILES string of the molecule is CN(C)c1cccc(C2=CC(N)(Cc3ccc4c(c3)OCO4)NC(N)=N2)c1. The molecule has 2 aliphatic rings. The van der Waals surface area contributed by atoms with Gasteiger partial charge in [-0.05, 0) is 35.9 Å². The molecule has 1 atom stereocenters. The lowest BCUT2D eigenvalue weighted by molar-refractivity contribution is 0.174. The molecule has 7 nitrogen and oxygen atoms in total. The molecule has 0 fully saturated rings. The van der Waals surface area contributed by atoms with Gasteiger partial charge in [-0.3, -0.25) is 0 Å². The van der Waals surface area contributed by atoms with Crippen LogP contribution in [0.15, 0.2) is 53.5 Å². The molecule has 0 aliphatic carbocycles. The molecule has 0 bridgehead atoms. The molecule has 4 rings (SSSR count). The maximum Gasteiger partial charge on any atom is 0.231 e. The van der Waals surface area contributed by atoms with E-state index in [1.807, 2.05) is 61.5 Å². The third kappa shape index (κ3) is 3.54. The molecule has 7 heteroatoms. The van der Waals surface area contributed by atoms with E-state index < -0.39 is 5.66 Å². The Labute approximate surface area is 158 Å². The van der Waals surface area contributed by atoms with Gasteiger partial charge in [0.25, 0.3) is 0 Å². The summed E-state index contributed by atoms with van der Waals surface area (Å²) in [5, 5.41) is 3.09. The fourth-order valence-corrected chi connectivity index (χ4v) is 3.28. The van der Waals surface area contributed by atoms with E-state index in [4.69, 9.17) is 20.9 Å². The number of hydrogen-bond acceptors (Lipinski definition) is 7. The van der Waals surface area contributed by atoms with Crippen LogP contribution in [0.5, 0.6) is 11.5 Å². The van der Waals surface area contributed by atoms with Crippen molar-refractivity contribution >= 4 is 17.3 Å². The first kappa shape index (κ1) is 17.2. The van der Waals surface area contributed by atoms with Crippen LogP contribution in [0.4, 0.5) is 5.69 Å². The molecule has 0 radical (unpaired) electrons. The van der Waals surface area contributed by atoms with E-state index in [0.717, 1.165) is 34.0 Å². The van der Waals surface area contributed by atoms with Crippen molar-refractivity contribution in [3.8, 4) is 11.5 Å². The van der Waals surface area contributed by atoms with Crippen molar-refractivity contribution < 1.29 is 9.47 Å². The number of aliphatic imine (C=N–C) groups is 1. The van der Waals surface area contributed by atoms with Gasteiger partial charge in [0.1, 0.15) is 5.66 Å². The second-order valence-electron chi connectivity index (χ2n) is 7.00. The lowest BCUT2D eigenvalue weighted by Gasteiger charge is -2.32. The Morgan fingerprint density at radius 1 is 1.15 bits per heavy atom. The molecular weight excluding hydrogens is 342 g/mol. The molecule has 1 unspecified atom stereocenters. The highest BCUT2D eigenvalue weighted by molar-refractivity contribution is 5.89. The summed E-state index contributed by atoms with van der Waals surface area (Å²) in [7, 11) is 4.00. The summed E-state index contributed by atoms with van der Waals surface area (Å²) >= 11 is 0. The molecule has 0 amide bonds. The number of guanidine groups is 1. The van der Waals surface area contributed by atoms with Crippen molar-refractivity contribution in [2.24, 2.45) is 16.5 Å². The van der Waals surface area contributed by atoms with Crippen molar-refractivity contribution in [2.75, 3.05) is 25.8 Å². The zero-order chi connectivity index (χ0) is 19.0. The number of nitrogens with two attached hydrogens (primary N) is 2. The van der Waals surface area contributed by atoms with Crippen LogP contribution in [-0.2, 0) is 6.42 Å². The van der Waals surface area contributed by atoms with Crippen LogP contribution in [0.2, 0.25) is 0 Å². The van der Waals surface area contributed by atoms with Gasteiger partial charge in [-0.25, -0.2) is 4.99 Å². The Morgan fingerprint density at radius 3 is 2.78 bits per heavy atom. The quantitative estimate of drug-likeness (QED) is 0.762. The maximum absolute atomic E-state index is 6.62. The topological polar surface area (TPSA) is 98.1 Å². The summed E-state index contributed by atoms with van der Waals surface area (Å²) in [6.07, 6.45) is 2.44. The van der Waals surface area contributed by atoms with Gasteiger partial charge >= 0.3 is 0 Å². The van der Waals surface area contributed by atoms with Crippen molar-refractivity contribution in [2.45, 2.75) is 12.1 Å². The summed E-state index contributed by atoms with van der Waals surface area (Å²) in [6, 6.07) is 13.9. The molecular formula is C20H23N5O2. The van der Waals surface area contributed by atoms with Gasteiger partial charge < -0.3 is 31.2 Å². The number of nitrogens with zero attached hydrogens (tertiary/aromatic N) is 2. The summed E-state index contributed by atoms with van der Waals surface area (Å²) < 4.78 is 10.8. The van der Waals surface area contributed by atoms with Crippen LogP contribution in [-0.4, -0.2) is 32.5 Å². The highest BCUT2D eigenvalue weighted by Crippen LogP contribution is 2.34. The van der Waals surface area contributed by atoms with Crippen LogP contribution < -0.4 is 31.2 Å². The minimum Gasteiger partial charge on any atom is -0.454 e. The number of rotatable bonds is 4. The Bertz CT molecular complexity index is 938. The average molecular weight is 365 g/mol. The Hall–Kier alpha value is -3.19. The molecule has 2 heterocycles. The van der Waals surface area contributed by atoms with Crippen LogP contribution in [0.3, 0.4) is 0 Å².